The van der Waals surface area contributed by atoms with Gasteiger partial charge in [0, 0.05) is 17.1 Å². The molecule has 6 nitrogen and oxygen atoms in total. The average molecular weight is 504 g/mol. The summed E-state index contributed by atoms with van der Waals surface area (Å²) in [6, 6.07) is 5.37. The number of benzene rings is 1. The van der Waals surface area contributed by atoms with Crippen molar-refractivity contribution in [3.05, 3.63) is 60.7 Å². The van der Waals surface area contributed by atoms with Crippen LogP contribution in [-0.2, 0) is 13.6 Å². The molecule has 26 heavy (non-hydrogen) atoms. The topological polar surface area (TPSA) is 64.7 Å². The number of nitrogens with zero attached hydrogens (tertiary/aromatic N) is 4. The molecule has 0 aliphatic rings. The Morgan fingerprint density at radius 3 is 2.65 bits per heavy atom. The molecule has 3 aromatic rings. The molecular formula is C17H16Cl2IN5O. The maximum atomic E-state index is 12.6. The summed E-state index contributed by atoms with van der Waals surface area (Å²) >= 11 is 14.3. The molecule has 0 aliphatic heterocycles. The number of aromatic nitrogens is 4. The van der Waals surface area contributed by atoms with E-state index in [0.29, 0.717) is 28.0 Å². The molecule has 0 bridgehead atoms. The fourth-order valence-corrected chi connectivity index (χ4v) is 3.87. The Morgan fingerprint density at radius 2 is 2.04 bits per heavy atom. The summed E-state index contributed by atoms with van der Waals surface area (Å²) in [5, 5.41) is 12.8. The lowest BCUT2D eigenvalue weighted by Gasteiger charge is -2.09. The number of hydrogen-bond donors (Lipinski definition) is 1. The second-order valence-electron chi connectivity index (χ2n) is 5.86. The quantitative estimate of drug-likeness (QED) is 0.535. The van der Waals surface area contributed by atoms with Crippen LogP contribution < -0.4 is 5.32 Å². The van der Waals surface area contributed by atoms with Gasteiger partial charge in [-0.05, 0) is 54.1 Å². The predicted molar refractivity (Wildman–Crippen MR) is 111 cm³/mol. The molecule has 0 aliphatic carbocycles. The normalized spacial score (nSPS) is 11.0. The summed E-state index contributed by atoms with van der Waals surface area (Å²) in [5.41, 5.74) is 3.69. The summed E-state index contributed by atoms with van der Waals surface area (Å²) < 4.78 is 4.16. The van der Waals surface area contributed by atoms with Gasteiger partial charge in [-0.3, -0.25) is 14.2 Å². The van der Waals surface area contributed by atoms with E-state index >= 15 is 0 Å². The molecule has 2 aromatic heterocycles. The number of amides is 1. The SMILES string of the molecule is Cc1nn(Cc2ccc(Cl)cc2Cl)c(C)c1NC(=O)c1c(I)cnn1C. The van der Waals surface area contributed by atoms with Gasteiger partial charge >= 0.3 is 0 Å². The van der Waals surface area contributed by atoms with Crippen LogP contribution in [0.15, 0.2) is 24.4 Å². The van der Waals surface area contributed by atoms with E-state index in [2.05, 4.69) is 38.1 Å². The van der Waals surface area contributed by atoms with Crippen LogP contribution in [0.4, 0.5) is 5.69 Å². The van der Waals surface area contributed by atoms with Crippen LogP contribution in [0.2, 0.25) is 10.0 Å². The van der Waals surface area contributed by atoms with Crippen molar-refractivity contribution in [2.24, 2.45) is 7.05 Å². The summed E-state index contributed by atoms with van der Waals surface area (Å²) in [6.45, 7) is 4.26. The highest BCUT2D eigenvalue weighted by Crippen LogP contribution is 2.25. The van der Waals surface area contributed by atoms with Crippen molar-refractivity contribution in [2.45, 2.75) is 20.4 Å². The Bertz CT molecular complexity index is 976. The molecule has 0 spiro atoms. The summed E-state index contributed by atoms with van der Waals surface area (Å²) in [6.07, 6.45) is 1.65. The summed E-state index contributed by atoms with van der Waals surface area (Å²) in [7, 11) is 1.74. The van der Waals surface area contributed by atoms with E-state index in [9.17, 15) is 4.79 Å². The van der Waals surface area contributed by atoms with Crippen LogP contribution in [0.25, 0.3) is 0 Å². The average Bonchev–Trinajstić information content (AvgIpc) is 3.03. The van der Waals surface area contributed by atoms with E-state index < -0.39 is 0 Å². The predicted octanol–water partition coefficient (Wildman–Crippen LogP) is 4.45. The molecule has 136 valence electrons. The van der Waals surface area contributed by atoms with E-state index in [1.54, 1.807) is 30.1 Å². The molecule has 3 rings (SSSR count). The number of carbonyl (C=O) groups excluding carboxylic acids is 1. The first-order chi connectivity index (χ1) is 12.3. The van der Waals surface area contributed by atoms with Crippen molar-refractivity contribution >= 4 is 57.4 Å². The van der Waals surface area contributed by atoms with Crippen LogP contribution in [-0.4, -0.2) is 25.5 Å². The standard InChI is InChI=1S/C17H16Cl2IN5O/c1-9-15(22-17(26)16-14(20)7-21-24(16)3)10(2)25(23-9)8-11-4-5-12(18)6-13(11)19/h4-7H,8H2,1-3H3,(H,22,26). The minimum atomic E-state index is -0.218. The zero-order valence-electron chi connectivity index (χ0n) is 14.3. The first-order valence-electron chi connectivity index (χ1n) is 7.74. The molecular weight excluding hydrogens is 488 g/mol. The summed E-state index contributed by atoms with van der Waals surface area (Å²) in [5.74, 6) is -0.218. The van der Waals surface area contributed by atoms with E-state index in [4.69, 9.17) is 23.2 Å². The van der Waals surface area contributed by atoms with Gasteiger partial charge in [-0.1, -0.05) is 29.3 Å². The van der Waals surface area contributed by atoms with Gasteiger partial charge in [-0.25, -0.2) is 0 Å². The van der Waals surface area contributed by atoms with Crippen molar-refractivity contribution in [3.8, 4) is 0 Å². The molecule has 0 radical (unpaired) electrons. The molecule has 0 fully saturated rings. The van der Waals surface area contributed by atoms with Gasteiger partial charge in [0.05, 0.1) is 33.4 Å². The first-order valence-corrected chi connectivity index (χ1v) is 9.58. The van der Waals surface area contributed by atoms with Gasteiger partial charge in [0.2, 0.25) is 0 Å². The molecule has 1 aromatic carbocycles. The van der Waals surface area contributed by atoms with E-state index in [1.165, 1.54) is 0 Å². The van der Waals surface area contributed by atoms with Gasteiger partial charge in [0.1, 0.15) is 5.69 Å². The van der Waals surface area contributed by atoms with Crippen molar-refractivity contribution < 1.29 is 4.79 Å². The van der Waals surface area contributed by atoms with Crippen molar-refractivity contribution in [3.63, 3.8) is 0 Å². The van der Waals surface area contributed by atoms with Crippen molar-refractivity contribution in [2.75, 3.05) is 5.32 Å². The Labute approximate surface area is 174 Å². The number of halogens is 3. The van der Waals surface area contributed by atoms with Crippen LogP contribution in [0, 0.1) is 17.4 Å². The second-order valence-corrected chi connectivity index (χ2v) is 7.86. The number of carbonyl (C=O) groups is 1. The lowest BCUT2D eigenvalue weighted by molar-refractivity contribution is 0.101. The molecule has 0 atom stereocenters. The Balaban J connectivity index is 1.87. The highest BCUT2D eigenvalue weighted by atomic mass is 127. The largest absolute Gasteiger partial charge is 0.317 e. The summed E-state index contributed by atoms with van der Waals surface area (Å²) in [4.78, 5) is 12.6. The zero-order chi connectivity index (χ0) is 19.0. The molecule has 1 amide bonds. The minimum Gasteiger partial charge on any atom is -0.317 e. The molecule has 9 heteroatoms. The second kappa shape index (κ2) is 7.58. The minimum absolute atomic E-state index is 0.218. The smallest absolute Gasteiger partial charge is 0.275 e. The number of aryl methyl sites for hydroxylation is 2. The molecule has 2 heterocycles. The van der Waals surface area contributed by atoms with Gasteiger partial charge in [-0.15, -0.1) is 0 Å². The maximum absolute atomic E-state index is 12.6. The Morgan fingerprint density at radius 1 is 1.31 bits per heavy atom. The monoisotopic (exact) mass is 503 g/mol. The fraction of sp³-hybridized carbons (Fsp3) is 0.235. The van der Waals surface area contributed by atoms with Crippen LogP contribution >= 0.6 is 45.8 Å². The molecule has 0 saturated heterocycles. The molecule has 0 saturated carbocycles. The van der Waals surface area contributed by atoms with Crippen molar-refractivity contribution in [1.82, 2.24) is 19.6 Å². The molecule has 1 N–H and O–H groups in total. The van der Waals surface area contributed by atoms with Gasteiger partial charge in [0.25, 0.3) is 5.91 Å². The van der Waals surface area contributed by atoms with Crippen LogP contribution in [0.3, 0.4) is 0 Å². The lowest BCUT2D eigenvalue weighted by Crippen LogP contribution is -2.18. The third-order valence-corrected chi connectivity index (χ3v) is 5.44. The zero-order valence-corrected chi connectivity index (χ0v) is 18.0. The number of nitrogens with one attached hydrogen (secondary N) is 1. The van der Waals surface area contributed by atoms with E-state index in [-0.39, 0.29) is 5.91 Å². The van der Waals surface area contributed by atoms with Crippen LogP contribution in [0.5, 0.6) is 0 Å². The third-order valence-electron chi connectivity index (χ3n) is 4.06. The van der Waals surface area contributed by atoms with Crippen molar-refractivity contribution in [1.29, 1.82) is 0 Å². The first kappa shape index (κ1) is 19.2. The van der Waals surface area contributed by atoms with E-state index in [0.717, 1.165) is 20.5 Å². The third kappa shape index (κ3) is 3.74. The Hall–Kier alpha value is -1.58. The lowest BCUT2D eigenvalue weighted by atomic mass is 10.2. The van der Waals surface area contributed by atoms with Crippen LogP contribution in [0.1, 0.15) is 27.4 Å². The number of hydrogen-bond acceptors (Lipinski definition) is 3. The van der Waals surface area contributed by atoms with Gasteiger partial charge in [-0.2, -0.15) is 10.2 Å². The fourth-order valence-electron chi connectivity index (χ4n) is 2.68. The Kier molecular flexibility index (Phi) is 5.59. The maximum Gasteiger partial charge on any atom is 0.275 e. The highest BCUT2D eigenvalue weighted by molar-refractivity contribution is 14.1. The highest BCUT2D eigenvalue weighted by Gasteiger charge is 2.20. The van der Waals surface area contributed by atoms with E-state index in [1.807, 2.05) is 24.6 Å². The number of anilines is 1. The molecule has 0 unspecified atom stereocenters. The van der Waals surface area contributed by atoms with Gasteiger partial charge < -0.3 is 5.32 Å². The van der Waals surface area contributed by atoms with Gasteiger partial charge in [0.15, 0.2) is 0 Å². The number of rotatable bonds is 4.